The van der Waals surface area contributed by atoms with Crippen molar-refractivity contribution in [2.24, 2.45) is 5.92 Å². The normalized spacial score (nSPS) is 21.6. The number of rotatable bonds is 6. The third-order valence-electron chi connectivity index (χ3n) is 7.43. The zero-order chi connectivity index (χ0) is 24.9. The van der Waals surface area contributed by atoms with Crippen molar-refractivity contribution in [3.05, 3.63) is 47.5 Å². The van der Waals surface area contributed by atoms with E-state index in [0.717, 1.165) is 12.8 Å². The summed E-state index contributed by atoms with van der Waals surface area (Å²) in [6.45, 7) is 4.10. The SMILES string of the molecule is COc1cc(C(=O)Nc2cccc(C(=O)NC[C@@H]3CCCN4CCCC[C@H]34)c2)cc2c1OCCCO2. The van der Waals surface area contributed by atoms with Gasteiger partial charge >= 0.3 is 0 Å². The Hall–Kier alpha value is -3.26. The molecule has 0 radical (unpaired) electrons. The van der Waals surface area contributed by atoms with Crippen molar-refractivity contribution in [3.63, 3.8) is 0 Å². The van der Waals surface area contributed by atoms with Gasteiger partial charge in [-0.2, -0.15) is 0 Å². The quantitative estimate of drug-likeness (QED) is 0.630. The predicted octanol–water partition coefficient (Wildman–Crippen LogP) is 4.10. The first-order valence-electron chi connectivity index (χ1n) is 13.0. The lowest BCUT2D eigenvalue weighted by Crippen LogP contribution is -2.51. The molecule has 192 valence electrons. The minimum atomic E-state index is -0.318. The van der Waals surface area contributed by atoms with Crippen molar-refractivity contribution in [2.45, 2.75) is 44.6 Å². The number of piperidine rings is 2. The number of fused-ring (bicyclic) bond motifs is 2. The van der Waals surface area contributed by atoms with E-state index < -0.39 is 0 Å². The van der Waals surface area contributed by atoms with Crippen molar-refractivity contribution in [3.8, 4) is 17.2 Å². The third kappa shape index (κ3) is 5.43. The van der Waals surface area contributed by atoms with Gasteiger partial charge in [0.1, 0.15) is 0 Å². The van der Waals surface area contributed by atoms with Gasteiger partial charge in [0.05, 0.1) is 20.3 Å². The fraction of sp³-hybridized carbons (Fsp3) is 0.500. The van der Waals surface area contributed by atoms with E-state index in [-0.39, 0.29) is 11.8 Å². The molecule has 0 aliphatic carbocycles. The summed E-state index contributed by atoms with van der Waals surface area (Å²) in [5, 5.41) is 6.04. The summed E-state index contributed by atoms with van der Waals surface area (Å²) in [6, 6.07) is 10.9. The molecular formula is C28H35N3O5. The van der Waals surface area contributed by atoms with E-state index in [2.05, 4.69) is 15.5 Å². The minimum absolute atomic E-state index is 0.115. The summed E-state index contributed by atoms with van der Waals surface area (Å²) in [5.74, 6) is 1.52. The van der Waals surface area contributed by atoms with Gasteiger partial charge in [0.15, 0.2) is 11.5 Å². The first-order chi connectivity index (χ1) is 17.6. The fourth-order valence-electron chi connectivity index (χ4n) is 5.61. The second-order valence-electron chi connectivity index (χ2n) is 9.80. The maximum Gasteiger partial charge on any atom is 0.255 e. The molecule has 0 spiro atoms. The molecule has 2 aromatic carbocycles. The highest BCUT2D eigenvalue weighted by Crippen LogP contribution is 2.40. The molecule has 2 fully saturated rings. The van der Waals surface area contributed by atoms with Crippen LogP contribution in [0.5, 0.6) is 17.2 Å². The predicted molar refractivity (Wildman–Crippen MR) is 137 cm³/mol. The number of benzene rings is 2. The second-order valence-corrected chi connectivity index (χ2v) is 9.80. The van der Waals surface area contributed by atoms with Crippen LogP contribution in [-0.2, 0) is 0 Å². The van der Waals surface area contributed by atoms with Crippen LogP contribution in [0.2, 0.25) is 0 Å². The molecular weight excluding hydrogens is 458 g/mol. The lowest BCUT2D eigenvalue weighted by molar-refractivity contribution is 0.0575. The standard InChI is InChI=1S/C28H35N3O5/c1-34-24-16-21(17-25-26(24)36-14-6-13-35-25)28(33)30-22-9-4-7-19(15-22)27(32)29-18-20-8-5-12-31-11-3-2-10-23(20)31/h4,7,9,15-17,20,23H,2-3,5-6,8,10-14,18H2,1H3,(H,29,32)(H,30,33)/t20-,23+/m0/s1. The van der Waals surface area contributed by atoms with E-state index >= 15 is 0 Å². The van der Waals surface area contributed by atoms with Crippen LogP contribution in [0.4, 0.5) is 5.69 Å². The largest absolute Gasteiger partial charge is 0.493 e. The Labute approximate surface area is 212 Å². The van der Waals surface area contributed by atoms with Gasteiger partial charge in [0, 0.05) is 35.8 Å². The zero-order valence-electron chi connectivity index (χ0n) is 20.9. The van der Waals surface area contributed by atoms with Crippen molar-refractivity contribution in [1.29, 1.82) is 0 Å². The molecule has 3 aliphatic heterocycles. The number of methoxy groups -OCH3 is 1. The molecule has 0 unspecified atom stereocenters. The number of hydrogen-bond donors (Lipinski definition) is 2. The van der Waals surface area contributed by atoms with Gasteiger partial charge in [0.2, 0.25) is 5.75 Å². The number of carbonyl (C=O) groups excluding carboxylic acids is 2. The first-order valence-corrected chi connectivity index (χ1v) is 13.0. The average molecular weight is 494 g/mol. The topological polar surface area (TPSA) is 89.1 Å². The molecule has 2 atom stereocenters. The zero-order valence-corrected chi connectivity index (χ0v) is 20.9. The Morgan fingerprint density at radius 1 is 0.972 bits per heavy atom. The van der Waals surface area contributed by atoms with Gasteiger partial charge in [0.25, 0.3) is 11.8 Å². The van der Waals surface area contributed by atoms with Crippen LogP contribution in [-0.4, -0.2) is 62.7 Å². The molecule has 3 aliphatic rings. The Balaban J connectivity index is 1.23. The Kier molecular flexibility index (Phi) is 7.60. The monoisotopic (exact) mass is 493 g/mol. The van der Waals surface area contributed by atoms with E-state index in [0.29, 0.717) is 65.8 Å². The van der Waals surface area contributed by atoms with Crippen LogP contribution in [0.25, 0.3) is 0 Å². The van der Waals surface area contributed by atoms with Crippen LogP contribution < -0.4 is 24.8 Å². The maximum absolute atomic E-state index is 13.0. The van der Waals surface area contributed by atoms with Crippen LogP contribution in [0, 0.1) is 5.92 Å². The third-order valence-corrected chi connectivity index (χ3v) is 7.43. The van der Waals surface area contributed by atoms with Gasteiger partial charge in [-0.3, -0.25) is 9.59 Å². The fourth-order valence-corrected chi connectivity index (χ4v) is 5.61. The van der Waals surface area contributed by atoms with Crippen LogP contribution in [0.15, 0.2) is 36.4 Å². The number of amides is 2. The minimum Gasteiger partial charge on any atom is -0.493 e. The highest BCUT2D eigenvalue weighted by molar-refractivity contribution is 6.06. The van der Waals surface area contributed by atoms with Gasteiger partial charge < -0.3 is 29.7 Å². The summed E-state index contributed by atoms with van der Waals surface area (Å²) in [7, 11) is 1.53. The maximum atomic E-state index is 13.0. The number of carbonyl (C=O) groups is 2. The summed E-state index contributed by atoms with van der Waals surface area (Å²) >= 11 is 0. The number of anilines is 1. The lowest BCUT2D eigenvalue weighted by Gasteiger charge is -2.44. The van der Waals surface area contributed by atoms with Gasteiger partial charge in [-0.05, 0) is 75.0 Å². The molecule has 2 amide bonds. The van der Waals surface area contributed by atoms with Gasteiger partial charge in [-0.15, -0.1) is 0 Å². The van der Waals surface area contributed by atoms with Gasteiger partial charge in [-0.25, -0.2) is 0 Å². The smallest absolute Gasteiger partial charge is 0.255 e. The molecule has 2 N–H and O–H groups in total. The molecule has 8 nitrogen and oxygen atoms in total. The van der Waals surface area contributed by atoms with Crippen LogP contribution in [0.3, 0.4) is 0 Å². The van der Waals surface area contributed by atoms with Crippen molar-refractivity contribution in [1.82, 2.24) is 10.2 Å². The molecule has 36 heavy (non-hydrogen) atoms. The Morgan fingerprint density at radius 2 is 1.83 bits per heavy atom. The molecule has 0 bridgehead atoms. The summed E-state index contributed by atoms with van der Waals surface area (Å²) in [6.07, 6.45) is 6.91. The number of hydrogen-bond acceptors (Lipinski definition) is 6. The number of nitrogens with one attached hydrogen (secondary N) is 2. The second kappa shape index (κ2) is 11.2. The number of nitrogens with zero attached hydrogens (tertiary/aromatic N) is 1. The van der Waals surface area contributed by atoms with Gasteiger partial charge in [-0.1, -0.05) is 12.5 Å². The van der Waals surface area contributed by atoms with E-state index in [1.165, 1.54) is 45.9 Å². The van der Waals surface area contributed by atoms with Crippen molar-refractivity contribution >= 4 is 17.5 Å². The molecule has 0 aromatic heterocycles. The average Bonchev–Trinajstić information content (AvgIpc) is 3.17. The summed E-state index contributed by atoms with van der Waals surface area (Å²) in [4.78, 5) is 28.6. The Bertz CT molecular complexity index is 1100. The van der Waals surface area contributed by atoms with Crippen LogP contribution >= 0.6 is 0 Å². The van der Waals surface area contributed by atoms with E-state index in [1.54, 1.807) is 36.4 Å². The van der Waals surface area contributed by atoms with Crippen LogP contribution in [0.1, 0.15) is 59.2 Å². The van der Waals surface area contributed by atoms with Crippen molar-refractivity contribution < 1.29 is 23.8 Å². The molecule has 2 aromatic rings. The van der Waals surface area contributed by atoms with E-state index in [9.17, 15) is 9.59 Å². The molecule has 8 heteroatoms. The van der Waals surface area contributed by atoms with E-state index in [1.807, 2.05) is 0 Å². The van der Waals surface area contributed by atoms with Crippen molar-refractivity contribution in [2.75, 3.05) is 45.3 Å². The molecule has 0 saturated carbocycles. The summed E-state index contributed by atoms with van der Waals surface area (Å²) < 4.78 is 16.9. The number of ether oxygens (including phenoxy) is 3. The molecule has 2 saturated heterocycles. The highest BCUT2D eigenvalue weighted by atomic mass is 16.5. The first kappa shape index (κ1) is 24.4. The highest BCUT2D eigenvalue weighted by Gasteiger charge is 2.33. The molecule has 3 heterocycles. The summed E-state index contributed by atoms with van der Waals surface area (Å²) in [5.41, 5.74) is 1.47. The van der Waals surface area contributed by atoms with E-state index in [4.69, 9.17) is 14.2 Å². The lowest BCUT2D eigenvalue weighted by atomic mass is 9.83. The molecule has 5 rings (SSSR count). The Morgan fingerprint density at radius 3 is 2.72 bits per heavy atom.